The van der Waals surface area contributed by atoms with Crippen LogP contribution in [0.5, 0.6) is 0 Å². The standard InChI is InChI=1S/C14H25N3O/c1-11(13-9-15-10-13)14(18)16-6-3-12-4-7-17(2)8-5-12/h12,15H,3-10H2,1-2H3,(H,16,18). The lowest BCUT2D eigenvalue weighted by molar-refractivity contribution is -0.117. The van der Waals surface area contributed by atoms with Crippen LogP contribution in [-0.4, -0.2) is 50.6 Å². The van der Waals surface area contributed by atoms with Crippen LogP contribution >= 0.6 is 0 Å². The van der Waals surface area contributed by atoms with E-state index in [1.807, 2.05) is 6.92 Å². The van der Waals surface area contributed by atoms with Gasteiger partial charge in [-0.15, -0.1) is 0 Å². The first-order valence-electron chi connectivity index (χ1n) is 7.03. The summed E-state index contributed by atoms with van der Waals surface area (Å²) in [5, 5.41) is 6.22. The van der Waals surface area contributed by atoms with E-state index in [-0.39, 0.29) is 5.91 Å². The van der Waals surface area contributed by atoms with Gasteiger partial charge >= 0.3 is 0 Å². The van der Waals surface area contributed by atoms with E-state index in [0.717, 1.165) is 37.5 Å². The van der Waals surface area contributed by atoms with Gasteiger partial charge in [-0.25, -0.2) is 0 Å². The van der Waals surface area contributed by atoms with Crippen LogP contribution in [0.4, 0.5) is 0 Å². The molecule has 2 aliphatic rings. The molecule has 2 heterocycles. The highest BCUT2D eigenvalue weighted by Gasteiger charge is 2.18. The number of hydrogen-bond donors (Lipinski definition) is 2. The Morgan fingerprint density at radius 2 is 2.06 bits per heavy atom. The quantitative estimate of drug-likeness (QED) is 0.725. The molecule has 0 atom stereocenters. The summed E-state index contributed by atoms with van der Waals surface area (Å²) in [6.07, 6.45) is 3.67. The number of rotatable bonds is 4. The van der Waals surface area contributed by atoms with Crippen molar-refractivity contribution in [3.8, 4) is 0 Å². The topological polar surface area (TPSA) is 44.4 Å². The van der Waals surface area contributed by atoms with Crippen molar-refractivity contribution in [3.05, 3.63) is 11.1 Å². The average Bonchev–Trinajstić information content (AvgIpc) is 2.29. The highest BCUT2D eigenvalue weighted by molar-refractivity contribution is 5.93. The van der Waals surface area contributed by atoms with E-state index in [2.05, 4.69) is 22.6 Å². The Morgan fingerprint density at radius 3 is 2.61 bits per heavy atom. The van der Waals surface area contributed by atoms with Crippen molar-refractivity contribution in [2.45, 2.75) is 26.2 Å². The predicted octanol–water partition coefficient (Wildman–Crippen LogP) is 0.754. The minimum absolute atomic E-state index is 0.124. The van der Waals surface area contributed by atoms with Gasteiger partial charge in [0.15, 0.2) is 0 Å². The molecule has 0 spiro atoms. The number of nitrogens with zero attached hydrogens (tertiary/aromatic N) is 1. The minimum Gasteiger partial charge on any atom is -0.352 e. The first kappa shape index (κ1) is 13.6. The first-order valence-corrected chi connectivity index (χ1v) is 7.03. The monoisotopic (exact) mass is 251 g/mol. The van der Waals surface area contributed by atoms with Crippen molar-refractivity contribution in [1.29, 1.82) is 0 Å². The Hall–Kier alpha value is -0.870. The summed E-state index contributed by atoms with van der Waals surface area (Å²) in [6, 6.07) is 0. The lowest BCUT2D eigenvalue weighted by Gasteiger charge is -2.29. The number of likely N-dealkylation sites (tertiary alicyclic amines) is 1. The van der Waals surface area contributed by atoms with E-state index in [1.54, 1.807) is 0 Å². The summed E-state index contributed by atoms with van der Waals surface area (Å²) in [5.41, 5.74) is 2.17. The molecule has 0 aromatic carbocycles. The normalized spacial score (nSPS) is 21.6. The van der Waals surface area contributed by atoms with Gasteiger partial charge in [-0.05, 0) is 57.8 Å². The van der Waals surface area contributed by atoms with Crippen LogP contribution in [0.1, 0.15) is 26.2 Å². The van der Waals surface area contributed by atoms with Crippen molar-refractivity contribution < 1.29 is 4.79 Å². The molecule has 2 fully saturated rings. The van der Waals surface area contributed by atoms with E-state index in [1.165, 1.54) is 31.5 Å². The summed E-state index contributed by atoms with van der Waals surface area (Å²) < 4.78 is 0. The van der Waals surface area contributed by atoms with Gasteiger partial charge in [0.05, 0.1) is 0 Å². The molecule has 0 bridgehead atoms. The van der Waals surface area contributed by atoms with Crippen molar-refractivity contribution in [2.75, 3.05) is 39.8 Å². The molecule has 4 heteroatoms. The Balaban J connectivity index is 1.64. The molecule has 2 saturated heterocycles. The first-order chi connectivity index (χ1) is 8.66. The molecule has 0 aliphatic carbocycles. The second-order valence-electron chi connectivity index (χ2n) is 5.62. The molecule has 4 nitrogen and oxygen atoms in total. The number of piperidine rings is 1. The van der Waals surface area contributed by atoms with E-state index in [0.29, 0.717) is 0 Å². The van der Waals surface area contributed by atoms with Crippen LogP contribution in [0, 0.1) is 5.92 Å². The maximum Gasteiger partial charge on any atom is 0.246 e. The molecule has 0 aromatic heterocycles. The number of carbonyl (C=O) groups is 1. The Kier molecular flexibility index (Phi) is 4.78. The molecule has 0 aromatic rings. The van der Waals surface area contributed by atoms with Gasteiger partial charge in [0.2, 0.25) is 5.91 Å². The fraction of sp³-hybridized carbons (Fsp3) is 0.786. The molecule has 1 amide bonds. The van der Waals surface area contributed by atoms with Gasteiger partial charge < -0.3 is 15.5 Å². The van der Waals surface area contributed by atoms with Crippen LogP contribution in [0.2, 0.25) is 0 Å². The minimum atomic E-state index is 0.124. The number of carbonyl (C=O) groups excluding carboxylic acids is 1. The van der Waals surface area contributed by atoms with E-state index >= 15 is 0 Å². The SMILES string of the molecule is CC(C(=O)NCCC1CCN(C)CC1)=C1CNC1. The number of nitrogens with one attached hydrogen (secondary N) is 2. The molecule has 102 valence electrons. The fourth-order valence-electron chi connectivity index (χ4n) is 2.55. The summed E-state index contributed by atoms with van der Waals surface area (Å²) >= 11 is 0. The van der Waals surface area contributed by atoms with Gasteiger partial charge in [0.1, 0.15) is 0 Å². The maximum atomic E-state index is 11.9. The zero-order valence-electron chi connectivity index (χ0n) is 11.6. The smallest absolute Gasteiger partial charge is 0.246 e. The van der Waals surface area contributed by atoms with Crippen molar-refractivity contribution in [3.63, 3.8) is 0 Å². The van der Waals surface area contributed by atoms with Crippen LogP contribution in [-0.2, 0) is 4.79 Å². The van der Waals surface area contributed by atoms with Gasteiger partial charge in [-0.3, -0.25) is 4.79 Å². The molecule has 0 radical (unpaired) electrons. The lowest BCUT2D eigenvalue weighted by atomic mass is 9.94. The highest BCUT2D eigenvalue weighted by Crippen LogP contribution is 2.18. The van der Waals surface area contributed by atoms with Gasteiger partial charge in [0.25, 0.3) is 0 Å². The van der Waals surface area contributed by atoms with Crippen molar-refractivity contribution >= 4 is 5.91 Å². The molecular weight excluding hydrogens is 226 g/mol. The molecule has 0 unspecified atom stereocenters. The van der Waals surface area contributed by atoms with Crippen LogP contribution < -0.4 is 10.6 Å². The third-order valence-corrected chi connectivity index (χ3v) is 4.22. The summed E-state index contributed by atoms with van der Waals surface area (Å²) in [7, 11) is 2.18. The Labute approximate surface area is 110 Å². The van der Waals surface area contributed by atoms with Crippen LogP contribution in [0.3, 0.4) is 0 Å². The van der Waals surface area contributed by atoms with Gasteiger partial charge in [-0.2, -0.15) is 0 Å². The van der Waals surface area contributed by atoms with E-state index in [4.69, 9.17) is 0 Å². The second-order valence-corrected chi connectivity index (χ2v) is 5.62. The Morgan fingerprint density at radius 1 is 1.39 bits per heavy atom. The van der Waals surface area contributed by atoms with Gasteiger partial charge in [0, 0.05) is 25.2 Å². The van der Waals surface area contributed by atoms with Crippen LogP contribution in [0.15, 0.2) is 11.1 Å². The highest BCUT2D eigenvalue weighted by atomic mass is 16.1. The summed E-state index contributed by atoms with van der Waals surface area (Å²) in [6.45, 7) is 6.93. The largest absolute Gasteiger partial charge is 0.352 e. The predicted molar refractivity (Wildman–Crippen MR) is 73.4 cm³/mol. The molecule has 18 heavy (non-hydrogen) atoms. The summed E-state index contributed by atoms with van der Waals surface area (Å²) in [4.78, 5) is 14.2. The number of hydrogen-bond acceptors (Lipinski definition) is 3. The molecule has 2 N–H and O–H groups in total. The lowest BCUT2D eigenvalue weighted by Crippen LogP contribution is -2.38. The molecular formula is C14H25N3O. The fourth-order valence-corrected chi connectivity index (χ4v) is 2.55. The zero-order chi connectivity index (χ0) is 13.0. The third-order valence-electron chi connectivity index (χ3n) is 4.22. The summed E-state index contributed by atoms with van der Waals surface area (Å²) in [5.74, 6) is 0.916. The van der Waals surface area contributed by atoms with E-state index < -0.39 is 0 Å². The zero-order valence-corrected chi connectivity index (χ0v) is 11.6. The third kappa shape index (κ3) is 3.56. The molecule has 2 aliphatic heterocycles. The Bertz CT molecular complexity index is 324. The number of amides is 1. The van der Waals surface area contributed by atoms with E-state index in [9.17, 15) is 4.79 Å². The second kappa shape index (κ2) is 6.34. The maximum absolute atomic E-state index is 11.9. The molecule has 0 saturated carbocycles. The van der Waals surface area contributed by atoms with Crippen LogP contribution in [0.25, 0.3) is 0 Å². The van der Waals surface area contributed by atoms with Crippen molar-refractivity contribution in [1.82, 2.24) is 15.5 Å². The molecule has 2 rings (SSSR count). The van der Waals surface area contributed by atoms with Crippen molar-refractivity contribution in [2.24, 2.45) is 5.92 Å². The van der Waals surface area contributed by atoms with Gasteiger partial charge in [-0.1, -0.05) is 0 Å². The average molecular weight is 251 g/mol.